The molecule has 2 aromatic heterocycles. The molecule has 0 amide bonds. The molecule has 3 aromatic rings. The van der Waals surface area contributed by atoms with Crippen LogP contribution in [0, 0.1) is 0 Å². The van der Waals surface area contributed by atoms with Crippen LogP contribution in [-0.2, 0) is 9.59 Å². The van der Waals surface area contributed by atoms with Gasteiger partial charge in [-0.25, -0.2) is 4.79 Å². The molecule has 0 unspecified atom stereocenters. The number of nitrogens with zero attached hydrogens (tertiary/aromatic N) is 1. The quantitative estimate of drug-likeness (QED) is 0.435. The summed E-state index contributed by atoms with van der Waals surface area (Å²) >= 11 is 0. The molecule has 6 nitrogen and oxygen atoms in total. The molecule has 1 aliphatic carbocycles. The highest BCUT2D eigenvalue weighted by Crippen LogP contribution is 2.33. The number of hydrogen-bond donors (Lipinski definition) is 1. The number of hydrogen-bond acceptors (Lipinski definition) is 5. The maximum atomic E-state index is 12.6. The average molecular weight is 346 g/mol. The minimum atomic E-state index is -0.887. The fraction of sp³-hybridized carbons (Fsp3) is 0. The second kappa shape index (κ2) is 5.93. The van der Waals surface area contributed by atoms with Crippen molar-refractivity contribution in [3.05, 3.63) is 83.0 Å². The van der Waals surface area contributed by atoms with Gasteiger partial charge in [0.15, 0.2) is 18.2 Å². The summed E-state index contributed by atoms with van der Waals surface area (Å²) in [7, 11) is 0. The number of aromatic hydroxyl groups is 1. The molecule has 0 spiro atoms. The number of carbonyl (C=O) groups excluding carboxylic acids is 2. The van der Waals surface area contributed by atoms with E-state index >= 15 is 0 Å². The number of para-hydroxylation sites is 1. The molecule has 0 bridgehead atoms. The van der Waals surface area contributed by atoms with Crippen LogP contribution in [0.1, 0.15) is 5.56 Å². The zero-order chi connectivity index (χ0) is 18.3. The molecule has 1 aliphatic rings. The second-order valence-corrected chi connectivity index (χ2v) is 5.68. The zero-order valence-electron chi connectivity index (χ0n) is 13.4. The fourth-order valence-electron chi connectivity index (χ4n) is 2.95. The summed E-state index contributed by atoms with van der Waals surface area (Å²) in [6.45, 7) is 0. The van der Waals surface area contributed by atoms with Gasteiger partial charge in [-0.2, -0.15) is 4.57 Å². The highest BCUT2D eigenvalue weighted by atomic mass is 16.4. The normalized spacial score (nSPS) is 14.3. The molecule has 0 aliphatic heterocycles. The number of benzene rings is 1. The van der Waals surface area contributed by atoms with Gasteiger partial charge in [0.25, 0.3) is 11.5 Å². The van der Waals surface area contributed by atoms with Crippen molar-refractivity contribution in [2.45, 2.75) is 0 Å². The topological polar surface area (TPSA) is 88.5 Å². The number of rotatable bonds is 2. The van der Waals surface area contributed by atoms with Gasteiger partial charge in [0.1, 0.15) is 22.5 Å². The van der Waals surface area contributed by atoms with Crippen LogP contribution < -0.4 is 10.2 Å². The first-order valence-corrected chi connectivity index (χ1v) is 7.81. The summed E-state index contributed by atoms with van der Waals surface area (Å²) in [5.41, 5.74) is -1.22. The van der Waals surface area contributed by atoms with E-state index in [1.165, 1.54) is 10.6 Å². The van der Waals surface area contributed by atoms with Crippen LogP contribution in [0.25, 0.3) is 22.2 Å². The Kier molecular flexibility index (Phi) is 3.58. The third kappa shape index (κ3) is 2.36. The van der Waals surface area contributed by atoms with Crippen molar-refractivity contribution in [3.8, 4) is 5.75 Å². The van der Waals surface area contributed by atoms with Crippen LogP contribution in [0.2, 0.25) is 0 Å². The van der Waals surface area contributed by atoms with E-state index in [0.717, 1.165) is 12.2 Å². The Labute approximate surface area is 146 Å². The molecule has 0 radical (unpaired) electrons. The highest BCUT2D eigenvalue weighted by Gasteiger charge is 2.35. The van der Waals surface area contributed by atoms with Gasteiger partial charge in [-0.1, -0.05) is 18.2 Å². The first-order valence-electron chi connectivity index (χ1n) is 7.81. The lowest BCUT2D eigenvalue weighted by atomic mass is 9.93. The van der Waals surface area contributed by atoms with Gasteiger partial charge in [-0.05, 0) is 24.3 Å². The number of allylic oxidation sites excluding steroid dienone is 4. The van der Waals surface area contributed by atoms with Gasteiger partial charge in [0.05, 0.1) is 5.39 Å². The summed E-state index contributed by atoms with van der Waals surface area (Å²) in [4.78, 5) is 37.6. The van der Waals surface area contributed by atoms with E-state index in [1.807, 2.05) is 0 Å². The average Bonchev–Trinajstić information content (AvgIpc) is 2.65. The summed E-state index contributed by atoms with van der Waals surface area (Å²) in [5, 5.41) is 10.9. The SMILES string of the molecule is O=C1C=CC(=O)C([n+]2ccccc2)=C1c1c(O)c2ccccc2oc1=O. The minimum Gasteiger partial charge on any atom is -0.506 e. The van der Waals surface area contributed by atoms with Crippen molar-refractivity contribution in [2.24, 2.45) is 0 Å². The van der Waals surface area contributed by atoms with E-state index in [-0.39, 0.29) is 27.8 Å². The van der Waals surface area contributed by atoms with Gasteiger partial charge in [-0.3, -0.25) is 9.59 Å². The summed E-state index contributed by atoms with van der Waals surface area (Å²) in [5.74, 6) is -1.41. The summed E-state index contributed by atoms with van der Waals surface area (Å²) < 4.78 is 6.69. The number of carbonyl (C=O) groups is 2. The first kappa shape index (κ1) is 15.7. The molecule has 0 saturated heterocycles. The Morgan fingerprint density at radius 2 is 1.54 bits per heavy atom. The van der Waals surface area contributed by atoms with Crippen LogP contribution in [-0.4, -0.2) is 16.7 Å². The predicted octanol–water partition coefficient (Wildman–Crippen LogP) is 1.86. The van der Waals surface area contributed by atoms with Crippen molar-refractivity contribution in [1.29, 1.82) is 0 Å². The molecule has 26 heavy (non-hydrogen) atoms. The summed E-state index contributed by atoms with van der Waals surface area (Å²) in [6, 6.07) is 11.6. The maximum Gasteiger partial charge on any atom is 0.348 e. The van der Waals surface area contributed by atoms with Gasteiger partial charge < -0.3 is 9.52 Å². The van der Waals surface area contributed by atoms with E-state index < -0.39 is 22.9 Å². The van der Waals surface area contributed by atoms with E-state index in [4.69, 9.17) is 4.42 Å². The molecule has 6 heteroatoms. The van der Waals surface area contributed by atoms with E-state index in [2.05, 4.69) is 0 Å². The van der Waals surface area contributed by atoms with Crippen molar-refractivity contribution in [3.63, 3.8) is 0 Å². The Morgan fingerprint density at radius 1 is 0.846 bits per heavy atom. The molecular formula is C20H12NO5+. The lowest BCUT2D eigenvalue weighted by Gasteiger charge is -2.11. The smallest absolute Gasteiger partial charge is 0.348 e. The second-order valence-electron chi connectivity index (χ2n) is 5.68. The van der Waals surface area contributed by atoms with Crippen LogP contribution in [0.15, 0.2) is 76.2 Å². The Morgan fingerprint density at radius 3 is 2.31 bits per heavy atom. The maximum absolute atomic E-state index is 12.6. The Hall–Kier alpha value is -3.80. The Bertz CT molecular complexity index is 1190. The number of fused-ring (bicyclic) bond motifs is 1. The van der Waals surface area contributed by atoms with Gasteiger partial charge >= 0.3 is 5.63 Å². The van der Waals surface area contributed by atoms with Crippen molar-refractivity contribution >= 4 is 33.8 Å². The number of pyridine rings is 1. The molecule has 1 N–H and O–H groups in total. The Balaban J connectivity index is 2.12. The van der Waals surface area contributed by atoms with E-state index in [0.29, 0.717) is 0 Å². The number of aromatic nitrogens is 1. The van der Waals surface area contributed by atoms with E-state index in [1.54, 1.807) is 48.8 Å². The monoisotopic (exact) mass is 346 g/mol. The van der Waals surface area contributed by atoms with Crippen LogP contribution in [0.4, 0.5) is 0 Å². The van der Waals surface area contributed by atoms with Crippen LogP contribution in [0.3, 0.4) is 0 Å². The van der Waals surface area contributed by atoms with E-state index in [9.17, 15) is 19.5 Å². The van der Waals surface area contributed by atoms with Crippen LogP contribution in [0.5, 0.6) is 5.75 Å². The van der Waals surface area contributed by atoms with Crippen LogP contribution >= 0.6 is 0 Å². The van der Waals surface area contributed by atoms with Crippen molar-refractivity contribution in [2.75, 3.05) is 0 Å². The standard InChI is InChI=1S/C20H11NO5/c22-13-8-9-14(23)18(21-10-4-1-5-11-21)16(13)17-19(24)12-6-2-3-7-15(12)26-20(17)25/h1-11H/p+1. The fourth-order valence-corrected chi connectivity index (χ4v) is 2.95. The highest BCUT2D eigenvalue weighted by molar-refractivity contribution is 6.44. The lowest BCUT2D eigenvalue weighted by molar-refractivity contribution is -0.576. The third-order valence-corrected chi connectivity index (χ3v) is 4.11. The molecule has 0 fully saturated rings. The molecular weight excluding hydrogens is 334 g/mol. The number of ketones is 2. The molecule has 0 saturated carbocycles. The molecule has 0 atom stereocenters. The van der Waals surface area contributed by atoms with Gasteiger partial charge in [-0.15, -0.1) is 0 Å². The summed E-state index contributed by atoms with van der Waals surface area (Å²) in [6.07, 6.45) is 5.39. The predicted molar refractivity (Wildman–Crippen MR) is 93.0 cm³/mol. The molecule has 126 valence electrons. The third-order valence-electron chi connectivity index (χ3n) is 4.11. The van der Waals surface area contributed by atoms with Crippen molar-refractivity contribution < 1.29 is 23.7 Å². The van der Waals surface area contributed by atoms with Gasteiger partial charge in [0, 0.05) is 12.1 Å². The zero-order valence-corrected chi connectivity index (χ0v) is 13.4. The first-order chi connectivity index (χ1) is 12.6. The molecule has 2 heterocycles. The lowest BCUT2D eigenvalue weighted by Crippen LogP contribution is -2.38. The largest absolute Gasteiger partial charge is 0.506 e. The molecule has 4 rings (SSSR count). The minimum absolute atomic E-state index is 0.0176. The van der Waals surface area contributed by atoms with Crippen molar-refractivity contribution in [1.82, 2.24) is 0 Å². The van der Waals surface area contributed by atoms with Gasteiger partial charge in [0.2, 0.25) is 0 Å². The molecule has 1 aromatic carbocycles.